The summed E-state index contributed by atoms with van der Waals surface area (Å²) in [5.74, 6) is -0.521. The summed E-state index contributed by atoms with van der Waals surface area (Å²) in [5, 5.41) is 2.78. The zero-order valence-electron chi connectivity index (χ0n) is 9.45. The van der Waals surface area contributed by atoms with E-state index in [0.717, 1.165) is 19.3 Å². The Morgan fingerprint density at radius 3 is 2.56 bits per heavy atom. The van der Waals surface area contributed by atoms with Gasteiger partial charge in [-0.2, -0.15) is 0 Å². The monoisotopic (exact) mass is 227 g/mol. The van der Waals surface area contributed by atoms with Gasteiger partial charge in [0.1, 0.15) is 11.6 Å². The number of ether oxygens (including phenoxy) is 2. The summed E-state index contributed by atoms with van der Waals surface area (Å²) >= 11 is 0. The Balaban J connectivity index is 1.96. The minimum atomic E-state index is -0.780. The molecule has 0 aromatic carbocycles. The lowest BCUT2D eigenvalue weighted by Crippen LogP contribution is -2.61. The van der Waals surface area contributed by atoms with Crippen LogP contribution in [0.3, 0.4) is 0 Å². The number of hydrogen-bond acceptors (Lipinski definition) is 4. The highest BCUT2D eigenvalue weighted by molar-refractivity contribution is 5.90. The molecule has 1 N–H and O–H groups in total. The van der Waals surface area contributed by atoms with Gasteiger partial charge in [0.2, 0.25) is 5.91 Å². The molecular weight excluding hydrogens is 210 g/mol. The summed E-state index contributed by atoms with van der Waals surface area (Å²) in [5.41, 5.74) is -0.780. The second kappa shape index (κ2) is 4.41. The van der Waals surface area contributed by atoms with E-state index in [1.54, 1.807) is 0 Å². The molecule has 0 aromatic rings. The lowest BCUT2D eigenvalue weighted by molar-refractivity contribution is -0.156. The van der Waals surface area contributed by atoms with Gasteiger partial charge in [-0.15, -0.1) is 0 Å². The fourth-order valence-corrected chi connectivity index (χ4v) is 2.21. The number of esters is 1. The summed E-state index contributed by atoms with van der Waals surface area (Å²) in [6, 6.07) is 0. The first kappa shape index (κ1) is 11.4. The van der Waals surface area contributed by atoms with Gasteiger partial charge in [-0.3, -0.25) is 4.79 Å². The zero-order valence-corrected chi connectivity index (χ0v) is 9.45. The Morgan fingerprint density at radius 2 is 2.12 bits per heavy atom. The van der Waals surface area contributed by atoms with Gasteiger partial charge in [0.15, 0.2) is 0 Å². The van der Waals surface area contributed by atoms with E-state index in [2.05, 4.69) is 5.32 Å². The van der Waals surface area contributed by atoms with Gasteiger partial charge >= 0.3 is 5.97 Å². The summed E-state index contributed by atoms with van der Waals surface area (Å²) in [6.45, 7) is 0.628. The van der Waals surface area contributed by atoms with Gasteiger partial charge in [0.05, 0.1) is 7.11 Å². The molecule has 1 heterocycles. The highest BCUT2D eigenvalue weighted by Crippen LogP contribution is 2.33. The molecule has 2 aliphatic rings. The van der Waals surface area contributed by atoms with E-state index in [-0.39, 0.29) is 18.0 Å². The average molecular weight is 227 g/mol. The molecule has 2 rings (SSSR count). The van der Waals surface area contributed by atoms with E-state index >= 15 is 0 Å². The van der Waals surface area contributed by atoms with E-state index in [9.17, 15) is 9.59 Å². The van der Waals surface area contributed by atoms with Gasteiger partial charge < -0.3 is 14.8 Å². The van der Waals surface area contributed by atoms with Crippen molar-refractivity contribution in [3.05, 3.63) is 0 Å². The second-order valence-corrected chi connectivity index (χ2v) is 4.42. The molecule has 1 saturated carbocycles. The van der Waals surface area contributed by atoms with E-state index in [1.165, 1.54) is 7.11 Å². The number of carbonyl (C=O) groups is 2. The van der Waals surface area contributed by atoms with Crippen molar-refractivity contribution in [2.75, 3.05) is 13.7 Å². The molecule has 1 saturated heterocycles. The predicted molar refractivity (Wildman–Crippen MR) is 55.7 cm³/mol. The SMILES string of the molecule is COC(=O)C1(NC(=O)[C@H]2CCCO2)CCC1. The summed E-state index contributed by atoms with van der Waals surface area (Å²) in [6.07, 6.45) is 3.53. The van der Waals surface area contributed by atoms with Crippen molar-refractivity contribution in [1.82, 2.24) is 5.32 Å². The molecule has 0 unspecified atom stereocenters. The number of amides is 1. The van der Waals surface area contributed by atoms with E-state index in [1.807, 2.05) is 0 Å². The van der Waals surface area contributed by atoms with Gasteiger partial charge in [-0.1, -0.05) is 0 Å². The zero-order chi connectivity index (χ0) is 11.6. The molecule has 5 heteroatoms. The standard InChI is InChI=1S/C11H17NO4/c1-15-10(14)11(5-3-6-11)12-9(13)8-4-2-7-16-8/h8H,2-7H2,1H3,(H,12,13)/t8-/m1/s1. The first-order valence-electron chi connectivity index (χ1n) is 5.70. The van der Waals surface area contributed by atoms with Crippen molar-refractivity contribution in [2.45, 2.75) is 43.7 Å². The Kier molecular flexibility index (Phi) is 3.14. The molecule has 2 fully saturated rings. The topological polar surface area (TPSA) is 64.6 Å². The van der Waals surface area contributed by atoms with Gasteiger partial charge in [-0.25, -0.2) is 4.79 Å². The summed E-state index contributed by atoms with van der Waals surface area (Å²) in [7, 11) is 1.35. The Bertz CT molecular complexity index is 292. The molecule has 1 amide bonds. The molecule has 90 valence electrons. The third-order valence-corrected chi connectivity index (χ3v) is 3.37. The maximum Gasteiger partial charge on any atom is 0.331 e. The van der Waals surface area contributed by atoms with Crippen LogP contribution in [0.4, 0.5) is 0 Å². The highest BCUT2D eigenvalue weighted by atomic mass is 16.5. The lowest BCUT2D eigenvalue weighted by atomic mass is 9.76. The van der Waals surface area contributed by atoms with E-state index in [0.29, 0.717) is 19.4 Å². The third kappa shape index (κ3) is 1.91. The summed E-state index contributed by atoms with van der Waals surface area (Å²) in [4.78, 5) is 23.4. The van der Waals surface area contributed by atoms with Crippen molar-refractivity contribution < 1.29 is 19.1 Å². The fourth-order valence-electron chi connectivity index (χ4n) is 2.21. The van der Waals surface area contributed by atoms with Crippen LogP contribution in [0.2, 0.25) is 0 Å². The Labute approximate surface area is 94.5 Å². The van der Waals surface area contributed by atoms with Gasteiger partial charge in [0.25, 0.3) is 0 Å². The van der Waals surface area contributed by atoms with Crippen LogP contribution in [0.25, 0.3) is 0 Å². The van der Waals surface area contributed by atoms with Crippen LogP contribution in [-0.2, 0) is 19.1 Å². The van der Waals surface area contributed by atoms with E-state index in [4.69, 9.17) is 9.47 Å². The molecule has 1 aliphatic carbocycles. The molecule has 1 aliphatic heterocycles. The number of carbonyl (C=O) groups excluding carboxylic acids is 2. The fraction of sp³-hybridized carbons (Fsp3) is 0.818. The molecule has 16 heavy (non-hydrogen) atoms. The second-order valence-electron chi connectivity index (χ2n) is 4.42. The number of nitrogens with one attached hydrogen (secondary N) is 1. The smallest absolute Gasteiger partial charge is 0.331 e. The van der Waals surface area contributed by atoms with Crippen LogP contribution >= 0.6 is 0 Å². The van der Waals surface area contributed by atoms with Crippen LogP contribution in [0.15, 0.2) is 0 Å². The first-order chi connectivity index (χ1) is 7.68. The van der Waals surface area contributed by atoms with Crippen LogP contribution in [0, 0.1) is 0 Å². The van der Waals surface area contributed by atoms with Crippen molar-refractivity contribution in [1.29, 1.82) is 0 Å². The largest absolute Gasteiger partial charge is 0.467 e. The quantitative estimate of drug-likeness (QED) is 0.708. The third-order valence-electron chi connectivity index (χ3n) is 3.37. The average Bonchev–Trinajstić information content (AvgIpc) is 2.75. The summed E-state index contributed by atoms with van der Waals surface area (Å²) < 4.78 is 10.0. The van der Waals surface area contributed by atoms with Crippen LogP contribution in [0.5, 0.6) is 0 Å². The Hall–Kier alpha value is -1.10. The molecule has 5 nitrogen and oxygen atoms in total. The maximum absolute atomic E-state index is 11.8. The molecule has 0 bridgehead atoms. The van der Waals surface area contributed by atoms with E-state index < -0.39 is 5.54 Å². The van der Waals surface area contributed by atoms with Crippen molar-refractivity contribution in [2.24, 2.45) is 0 Å². The van der Waals surface area contributed by atoms with Crippen LogP contribution < -0.4 is 5.32 Å². The number of hydrogen-bond donors (Lipinski definition) is 1. The Morgan fingerprint density at radius 1 is 1.38 bits per heavy atom. The molecule has 0 aromatic heterocycles. The maximum atomic E-state index is 11.8. The van der Waals surface area contributed by atoms with Crippen molar-refractivity contribution in [3.63, 3.8) is 0 Å². The molecule has 1 atom stereocenters. The number of methoxy groups -OCH3 is 1. The highest BCUT2D eigenvalue weighted by Gasteiger charge is 2.47. The number of rotatable bonds is 3. The lowest BCUT2D eigenvalue weighted by Gasteiger charge is -2.39. The van der Waals surface area contributed by atoms with Crippen molar-refractivity contribution in [3.8, 4) is 0 Å². The molecular formula is C11H17NO4. The molecule has 0 spiro atoms. The van der Waals surface area contributed by atoms with Crippen molar-refractivity contribution >= 4 is 11.9 Å². The van der Waals surface area contributed by atoms with Crippen LogP contribution in [-0.4, -0.2) is 37.2 Å². The minimum Gasteiger partial charge on any atom is -0.467 e. The normalized spacial score (nSPS) is 26.9. The van der Waals surface area contributed by atoms with Gasteiger partial charge in [0, 0.05) is 6.61 Å². The molecule has 0 radical (unpaired) electrons. The first-order valence-corrected chi connectivity index (χ1v) is 5.70. The predicted octanol–water partition coefficient (Wildman–Crippen LogP) is 0.377. The minimum absolute atomic E-state index is 0.178. The van der Waals surface area contributed by atoms with Gasteiger partial charge in [-0.05, 0) is 32.1 Å². The van der Waals surface area contributed by atoms with Crippen LogP contribution in [0.1, 0.15) is 32.1 Å².